The molecule has 1 aromatic rings. The van der Waals surface area contributed by atoms with Gasteiger partial charge in [0, 0.05) is 18.9 Å². The number of carbonyl (C=O) groups excluding carboxylic acids is 2. The number of halogens is 1. The SMILES string of the molecule is CC1(C)CC(=O)C=C(OC(=O)c2ccc(F)cc2)C1. The first-order chi connectivity index (χ1) is 8.85. The van der Waals surface area contributed by atoms with Crippen molar-refractivity contribution in [2.45, 2.75) is 26.7 Å². The highest BCUT2D eigenvalue weighted by atomic mass is 19.1. The first kappa shape index (κ1) is 13.5. The molecule has 0 heterocycles. The van der Waals surface area contributed by atoms with Gasteiger partial charge >= 0.3 is 5.97 Å². The maximum atomic E-state index is 12.8. The van der Waals surface area contributed by atoms with E-state index in [9.17, 15) is 14.0 Å². The van der Waals surface area contributed by atoms with Crippen LogP contribution in [0.2, 0.25) is 0 Å². The number of ketones is 1. The molecular formula is C15H15FO3. The molecule has 0 amide bonds. The van der Waals surface area contributed by atoms with Gasteiger partial charge in [0.05, 0.1) is 5.56 Å². The van der Waals surface area contributed by atoms with Crippen molar-refractivity contribution in [3.8, 4) is 0 Å². The van der Waals surface area contributed by atoms with E-state index in [2.05, 4.69) is 0 Å². The van der Waals surface area contributed by atoms with Gasteiger partial charge < -0.3 is 4.74 Å². The molecule has 0 radical (unpaired) electrons. The van der Waals surface area contributed by atoms with Gasteiger partial charge in [0.2, 0.25) is 0 Å². The minimum atomic E-state index is -0.572. The van der Waals surface area contributed by atoms with E-state index in [1.165, 1.54) is 30.3 Å². The van der Waals surface area contributed by atoms with E-state index in [1.807, 2.05) is 13.8 Å². The Kier molecular flexibility index (Phi) is 3.51. The van der Waals surface area contributed by atoms with Crippen LogP contribution in [0.25, 0.3) is 0 Å². The predicted molar refractivity (Wildman–Crippen MR) is 67.9 cm³/mol. The lowest BCUT2D eigenvalue weighted by Crippen LogP contribution is -2.23. The summed E-state index contributed by atoms with van der Waals surface area (Å²) in [6, 6.07) is 5.10. The number of carbonyl (C=O) groups is 2. The Labute approximate surface area is 111 Å². The average Bonchev–Trinajstić information content (AvgIpc) is 2.26. The number of benzene rings is 1. The van der Waals surface area contributed by atoms with Crippen LogP contribution in [0.3, 0.4) is 0 Å². The molecule has 0 fully saturated rings. The number of rotatable bonds is 2. The second-order valence-corrected chi connectivity index (χ2v) is 5.49. The molecule has 2 rings (SSSR count). The van der Waals surface area contributed by atoms with Crippen LogP contribution in [-0.2, 0) is 9.53 Å². The van der Waals surface area contributed by atoms with Gasteiger partial charge in [-0.05, 0) is 29.7 Å². The Bertz CT molecular complexity index is 541. The van der Waals surface area contributed by atoms with Crippen molar-refractivity contribution in [3.05, 3.63) is 47.5 Å². The van der Waals surface area contributed by atoms with Gasteiger partial charge in [-0.25, -0.2) is 9.18 Å². The van der Waals surface area contributed by atoms with Crippen LogP contribution in [0.4, 0.5) is 4.39 Å². The van der Waals surface area contributed by atoms with Crippen molar-refractivity contribution in [3.63, 3.8) is 0 Å². The van der Waals surface area contributed by atoms with E-state index in [4.69, 9.17) is 4.74 Å². The fourth-order valence-corrected chi connectivity index (χ4v) is 2.12. The van der Waals surface area contributed by atoms with E-state index in [0.29, 0.717) is 18.6 Å². The molecule has 0 N–H and O–H groups in total. The summed E-state index contributed by atoms with van der Waals surface area (Å²) in [5.74, 6) is -0.657. The highest BCUT2D eigenvalue weighted by molar-refractivity contribution is 5.93. The van der Waals surface area contributed by atoms with E-state index in [1.54, 1.807) is 0 Å². The van der Waals surface area contributed by atoms with Gasteiger partial charge in [0.25, 0.3) is 0 Å². The minimum absolute atomic E-state index is 0.0434. The predicted octanol–water partition coefficient (Wildman–Crippen LogP) is 3.26. The number of hydrogen-bond donors (Lipinski definition) is 0. The second-order valence-electron chi connectivity index (χ2n) is 5.49. The lowest BCUT2D eigenvalue weighted by molar-refractivity contribution is -0.117. The Morgan fingerprint density at radius 3 is 2.42 bits per heavy atom. The zero-order chi connectivity index (χ0) is 14.0. The fourth-order valence-electron chi connectivity index (χ4n) is 2.12. The van der Waals surface area contributed by atoms with Gasteiger partial charge in [-0.2, -0.15) is 0 Å². The molecule has 0 atom stereocenters. The average molecular weight is 262 g/mol. The lowest BCUT2D eigenvalue weighted by atomic mass is 9.79. The summed E-state index contributed by atoms with van der Waals surface area (Å²) >= 11 is 0. The summed E-state index contributed by atoms with van der Waals surface area (Å²) in [4.78, 5) is 23.4. The molecule has 0 saturated carbocycles. The smallest absolute Gasteiger partial charge is 0.343 e. The van der Waals surface area contributed by atoms with Crippen molar-refractivity contribution in [1.29, 1.82) is 0 Å². The zero-order valence-electron chi connectivity index (χ0n) is 10.9. The maximum absolute atomic E-state index is 12.8. The number of esters is 1. The summed E-state index contributed by atoms with van der Waals surface area (Å²) in [5, 5.41) is 0. The summed E-state index contributed by atoms with van der Waals surface area (Å²) in [7, 11) is 0. The van der Waals surface area contributed by atoms with Crippen LogP contribution in [0.15, 0.2) is 36.1 Å². The third kappa shape index (κ3) is 3.50. The number of allylic oxidation sites excluding steroid dienone is 2. The van der Waals surface area contributed by atoms with E-state index >= 15 is 0 Å². The van der Waals surface area contributed by atoms with Crippen molar-refractivity contribution in [2.24, 2.45) is 5.41 Å². The molecule has 3 nitrogen and oxygen atoms in total. The molecule has 4 heteroatoms. The fraction of sp³-hybridized carbons (Fsp3) is 0.333. The van der Waals surface area contributed by atoms with Crippen molar-refractivity contribution in [1.82, 2.24) is 0 Å². The Morgan fingerprint density at radius 1 is 1.21 bits per heavy atom. The third-order valence-corrected chi connectivity index (χ3v) is 2.93. The second kappa shape index (κ2) is 4.96. The third-order valence-electron chi connectivity index (χ3n) is 2.93. The molecule has 0 saturated heterocycles. The molecular weight excluding hydrogens is 247 g/mol. The van der Waals surface area contributed by atoms with Crippen molar-refractivity contribution < 1.29 is 18.7 Å². The largest absolute Gasteiger partial charge is 0.427 e. The highest BCUT2D eigenvalue weighted by Gasteiger charge is 2.29. The number of hydrogen-bond acceptors (Lipinski definition) is 3. The molecule has 19 heavy (non-hydrogen) atoms. The topological polar surface area (TPSA) is 43.4 Å². The zero-order valence-corrected chi connectivity index (χ0v) is 10.9. The minimum Gasteiger partial charge on any atom is -0.427 e. The quantitative estimate of drug-likeness (QED) is 0.768. The first-order valence-electron chi connectivity index (χ1n) is 6.07. The highest BCUT2D eigenvalue weighted by Crippen LogP contribution is 2.34. The lowest BCUT2D eigenvalue weighted by Gasteiger charge is -2.27. The molecule has 1 aliphatic rings. The van der Waals surface area contributed by atoms with E-state index in [0.717, 1.165) is 0 Å². The van der Waals surface area contributed by atoms with Crippen LogP contribution in [0, 0.1) is 11.2 Å². The monoisotopic (exact) mass is 262 g/mol. The summed E-state index contributed by atoms with van der Waals surface area (Å²) in [6.07, 6.45) is 2.35. The summed E-state index contributed by atoms with van der Waals surface area (Å²) in [6.45, 7) is 3.90. The van der Waals surface area contributed by atoms with Gasteiger partial charge in [0.1, 0.15) is 11.6 Å². The Hall–Kier alpha value is -1.97. The van der Waals surface area contributed by atoms with E-state index in [-0.39, 0.29) is 16.8 Å². The standard InChI is InChI=1S/C15H15FO3/c1-15(2)8-12(17)7-13(9-15)19-14(18)10-3-5-11(16)6-4-10/h3-7H,8-9H2,1-2H3. The molecule has 0 bridgehead atoms. The first-order valence-corrected chi connectivity index (χ1v) is 6.07. The van der Waals surface area contributed by atoms with E-state index < -0.39 is 11.8 Å². The van der Waals surface area contributed by atoms with Gasteiger partial charge in [-0.15, -0.1) is 0 Å². The number of ether oxygens (including phenoxy) is 1. The van der Waals surface area contributed by atoms with Gasteiger partial charge in [-0.3, -0.25) is 4.79 Å². The van der Waals surface area contributed by atoms with Crippen molar-refractivity contribution in [2.75, 3.05) is 0 Å². The van der Waals surface area contributed by atoms with Crippen LogP contribution >= 0.6 is 0 Å². The Morgan fingerprint density at radius 2 is 1.84 bits per heavy atom. The van der Waals surface area contributed by atoms with Crippen LogP contribution in [0.1, 0.15) is 37.0 Å². The Balaban J connectivity index is 2.11. The van der Waals surface area contributed by atoms with Crippen LogP contribution < -0.4 is 0 Å². The molecule has 0 spiro atoms. The maximum Gasteiger partial charge on any atom is 0.343 e. The molecule has 0 aromatic heterocycles. The van der Waals surface area contributed by atoms with Crippen molar-refractivity contribution >= 4 is 11.8 Å². The normalized spacial score (nSPS) is 17.8. The van der Waals surface area contributed by atoms with Gasteiger partial charge in [-0.1, -0.05) is 13.8 Å². The molecule has 100 valence electrons. The molecule has 0 aliphatic heterocycles. The molecule has 1 aliphatic carbocycles. The molecule has 1 aromatic carbocycles. The van der Waals surface area contributed by atoms with Gasteiger partial charge in [0.15, 0.2) is 5.78 Å². The summed E-state index contributed by atoms with van der Waals surface area (Å²) < 4.78 is 18.0. The summed E-state index contributed by atoms with van der Waals surface area (Å²) in [5.41, 5.74) is 0.0580. The van der Waals surface area contributed by atoms with Crippen LogP contribution in [-0.4, -0.2) is 11.8 Å². The molecule has 0 unspecified atom stereocenters. The van der Waals surface area contributed by atoms with Crippen LogP contribution in [0.5, 0.6) is 0 Å².